The summed E-state index contributed by atoms with van der Waals surface area (Å²) in [6.45, 7) is 1.59. The third-order valence-corrected chi connectivity index (χ3v) is 6.39. The van der Waals surface area contributed by atoms with Crippen molar-refractivity contribution in [2.75, 3.05) is 5.73 Å². The van der Waals surface area contributed by atoms with Crippen molar-refractivity contribution in [1.82, 2.24) is 0 Å². The van der Waals surface area contributed by atoms with E-state index in [0.717, 1.165) is 0 Å². The largest absolute Gasteiger partial charge is 0.398 e. The number of sulfone groups is 1. The highest BCUT2D eigenvalue weighted by Gasteiger charge is 2.23. The van der Waals surface area contributed by atoms with Crippen molar-refractivity contribution in [3.05, 3.63) is 52.5 Å². The maximum Gasteiger partial charge on any atom is 0.238 e. The zero-order valence-electron chi connectivity index (χ0n) is 12.2. The molecule has 6 nitrogen and oxygen atoms in total. The van der Waals surface area contributed by atoms with Crippen LogP contribution in [0.1, 0.15) is 11.1 Å². The summed E-state index contributed by atoms with van der Waals surface area (Å²) in [5.41, 5.74) is 6.45. The van der Waals surface area contributed by atoms with E-state index in [9.17, 15) is 16.8 Å². The molecule has 0 radical (unpaired) electrons. The molecule has 0 aliphatic heterocycles. The van der Waals surface area contributed by atoms with E-state index in [1.807, 2.05) is 0 Å². The summed E-state index contributed by atoms with van der Waals surface area (Å²) in [6.07, 6.45) is 0. The molecule has 124 valence electrons. The smallest absolute Gasteiger partial charge is 0.238 e. The minimum atomic E-state index is -4.02. The standard InChI is InChI=1S/C14H15ClN2O4S2/c1-9-6-12(16)11(15)7-14(9)22(18,19)8-10-4-2-3-5-13(10)23(17,20)21/h2-7H,8,16H2,1H3,(H2,17,20,21). The van der Waals surface area contributed by atoms with Gasteiger partial charge < -0.3 is 5.73 Å². The first-order valence-corrected chi connectivity index (χ1v) is 9.99. The van der Waals surface area contributed by atoms with Crippen molar-refractivity contribution in [2.24, 2.45) is 5.14 Å². The Morgan fingerprint density at radius 3 is 2.26 bits per heavy atom. The number of primary sulfonamides is 1. The van der Waals surface area contributed by atoms with Gasteiger partial charge in [-0.15, -0.1) is 0 Å². The molecular weight excluding hydrogens is 360 g/mol. The lowest BCUT2D eigenvalue weighted by molar-refractivity contribution is 0.593. The Bertz CT molecular complexity index is 970. The average molecular weight is 375 g/mol. The Morgan fingerprint density at radius 2 is 1.65 bits per heavy atom. The lowest BCUT2D eigenvalue weighted by Crippen LogP contribution is -2.16. The highest BCUT2D eigenvalue weighted by molar-refractivity contribution is 7.91. The van der Waals surface area contributed by atoms with E-state index in [2.05, 4.69) is 0 Å². The second-order valence-corrected chi connectivity index (χ2v) is 8.95. The van der Waals surface area contributed by atoms with E-state index in [4.69, 9.17) is 22.5 Å². The minimum absolute atomic E-state index is 0.000854. The Kier molecular flexibility index (Phi) is 4.72. The number of hydrogen-bond donors (Lipinski definition) is 2. The number of nitrogens with two attached hydrogens (primary N) is 2. The van der Waals surface area contributed by atoms with E-state index >= 15 is 0 Å². The molecule has 0 fully saturated rings. The molecule has 0 aliphatic carbocycles. The van der Waals surface area contributed by atoms with Crippen molar-refractivity contribution < 1.29 is 16.8 Å². The number of anilines is 1. The van der Waals surface area contributed by atoms with E-state index < -0.39 is 25.6 Å². The number of benzene rings is 2. The van der Waals surface area contributed by atoms with E-state index in [-0.39, 0.29) is 26.1 Å². The second kappa shape index (κ2) is 6.12. The van der Waals surface area contributed by atoms with Gasteiger partial charge in [0.05, 0.1) is 26.3 Å². The number of halogens is 1. The maximum absolute atomic E-state index is 12.6. The van der Waals surface area contributed by atoms with Crippen molar-refractivity contribution in [2.45, 2.75) is 22.5 Å². The van der Waals surface area contributed by atoms with Crippen molar-refractivity contribution in [1.29, 1.82) is 0 Å². The van der Waals surface area contributed by atoms with Crippen LogP contribution in [0.5, 0.6) is 0 Å². The summed E-state index contributed by atoms with van der Waals surface area (Å²) >= 11 is 5.89. The van der Waals surface area contributed by atoms with Crippen LogP contribution in [-0.2, 0) is 25.6 Å². The quantitative estimate of drug-likeness (QED) is 0.791. The molecule has 0 heterocycles. The monoisotopic (exact) mass is 374 g/mol. The van der Waals surface area contributed by atoms with Crippen LogP contribution >= 0.6 is 11.6 Å². The Labute approximate surface area is 140 Å². The fourth-order valence-electron chi connectivity index (χ4n) is 2.20. The second-order valence-electron chi connectivity index (χ2n) is 5.05. The summed E-state index contributed by atoms with van der Waals surface area (Å²) in [5, 5.41) is 5.25. The summed E-state index contributed by atoms with van der Waals surface area (Å²) in [7, 11) is -7.85. The van der Waals surface area contributed by atoms with Gasteiger partial charge in [-0.3, -0.25) is 0 Å². The van der Waals surface area contributed by atoms with Gasteiger partial charge in [-0.25, -0.2) is 22.0 Å². The highest BCUT2D eigenvalue weighted by Crippen LogP contribution is 2.29. The zero-order chi connectivity index (χ0) is 17.4. The van der Waals surface area contributed by atoms with E-state index in [1.165, 1.54) is 30.3 Å². The predicted molar refractivity (Wildman–Crippen MR) is 89.3 cm³/mol. The normalized spacial score (nSPS) is 12.3. The number of hydrogen-bond acceptors (Lipinski definition) is 5. The first-order valence-electron chi connectivity index (χ1n) is 6.41. The Hall–Kier alpha value is -1.61. The fraction of sp³-hybridized carbons (Fsp3) is 0.143. The molecule has 2 rings (SSSR count). The van der Waals surface area contributed by atoms with Gasteiger partial charge in [0, 0.05) is 0 Å². The van der Waals surface area contributed by atoms with E-state index in [0.29, 0.717) is 5.56 Å². The molecule has 2 aromatic carbocycles. The van der Waals surface area contributed by atoms with Crippen LogP contribution in [0.25, 0.3) is 0 Å². The van der Waals surface area contributed by atoms with Crippen LogP contribution in [0.3, 0.4) is 0 Å². The number of aryl methyl sites for hydroxylation is 1. The molecule has 23 heavy (non-hydrogen) atoms. The molecule has 0 bridgehead atoms. The summed E-state index contributed by atoms with van der Waals surface area (Å²) < 4.78 is 48.4. The Morgan fingerprint density at radius 1 is 1.04 bits per heavy atom. The molecule has 4 N–H and O–H groups in total. The maximum atomic E-state index is 12.6. The highest BCUT2D eigenvalue weighted by atomic mass is 35.5. The fourth-order valence-corrected chi connectivity index (χ4v) is 4.96. The molecule has 0 spiro atoms. The SMILES string of the molecule is Cc1cc(N)c(Cl)cc1S(=O)(=O)Cc1ccccc1S(N)(=O)=O. The van der Waals surface area contributed by atoms with Crippen LogP contribution in [0, 0.1) is 6.92 Å². The molecule has 0 aliphatic rings. The zero-order valence-corrected chi connectivity index (χ0v) is 14.5. The van der Waals surface area contributed by atoms with Gasteiger partial charge in [-0.2, -0.15) is 0 Å². The van der Waals surface area contributed by atoms with Crippen molar-refractivity contribution >= 4 is 37.1 Å². The lowest BCUT2D eigenvalue weighted by Gasteiger charge is -2.12. The average Bonchev–Trinajstić information content (AvgIpc) is 2.41. The van der Waals surface area contributed by atoms with E-state index in [1.54, 1.807) is 13.0 Å². The molecule has 0 aromatic heterocycles. The number of rotatable bonds is 4. The third-order valence-electron chi connectivity index (χ3n) is 3.25. The van der Waals surface area contributed by atoms with Crippen LogP contribution in [-0.4, -0.2) is 16.8 Å². The van der Waals surface area contributed by atoms with Gasteiger partial charge in [-0.1, -0.05) is 29.8 Å². The molecule has 0 amide bonds. The van der Waals surface area contributed by atoms with Gasteiger partial charge in [0.25, 0.3) is 0 Å². The summed E-state index contributed by atoms with van der Waals surface area (Å²) in [5.74, 6) is -0.513. The topological polar surface area (TPSA) is 120 Å². The van der Waals surface area contributed by atoms with Gasteiger partial charge in [-0.05, 0) is 36.2 Å². The minimum Gasteiger partial charge on any atom is -0.398 e. The van der Waals surface area contributed by atoms with Gasteiger partial charge >= 0.3 is 0 Å². The molecule has 0 atom stereocenters. The molecule has 0 saturated heterocycles. The molecular formula is C14H15ClN2O4S2. The van der Waals surface area contributed by atoms with Gasteiger partial charge in [0.2, 0.25) is 10.0 Å². The third kappa shape index (κ3) is 3.84. The van der Waals surface area contributed by atoms with Crippen molar-refractivity contribution in [3.8, 4) is 0 Å². The number of sulfonamides is 1. The lowest BCUT2D eigenvalue weighted by atomic mass is 10.2. The molecule has 0 saturated carbocycles. The molecule has 9 heteroatoms. The molecule has 2 aromatic rings. The summed E-state index contributed by atoms with van der Waals surface area (Å²) in [6, 6.07) is 8.42. The molecule has 0 unspecified atom stereocenters. The van der Waals surface area contributed by atoms with Crippen LogP contribution in [0.4, 0.5) is 5.69 Å². The van der Waals surface area contributed by atoms with Crippen molar-refractivity contribution in [3.63, 3.8) is 0 Å². The Balaban J connectivity index is 2.55. The van der Waals surface area contributed by atoms with Gasteiger partial charge in [0.1, 0.15) is 0 Å². The summed E-state index contributed by atoms with van der Waals surface area (Å²) in [4.78, 5) is -0.219. The van der Waals surface area contributed by atoms with Gasteiger partial charge in [0.15, 0.2) is 9.84 Å². The number of nitrogen functional groups attached to an aromatic ring is 1. The first-order chi connectivity index (χ1) is 10.5. The predicted octanol–water partition coefficient (Wildman–Crippen LogP) is 1.85. The van der Waals surface area contributed by atoms with Crippen LogP contribution < -0.4 is 10.9 Å². The first kappa shape index (κ1) is 17.7. The van der Waals surface area contributed by atoms with Crippen LogP contribution in [0.2, 0.25) is 5.02 Å². The van der Waals surface area contributed by atoms with Crippen LogP contribution in [0.15, 0.2) is 46.2 Å².